The van der Waals surface area contributed by atoms with Crippen LogP contribution in [0.2, 0.25) is 0 Å². The van der Waals surface area contributed by atoms with Crippen LogP contribution in [-0.4, -0.2) is 41.1 Å². The molecule has 96 valence electrons. The predicted octanol–water partition coefficient (Wildman–Crippen LogP) is 0.132. The first kappa shape index (κ1) is 13.0. The molecule has 1 aromatic carbocycles. The standard InChI is InChI=1S/C12H15BFNO3/c14-11-9(5-4-6-10(11)13(17)18)12(16)15-7-2-1-3-8-15/h4-6,17-18H,1-3,7-8H2. The van der Waals surface area contributed by atoms with E-state index < -0.39 is 12.9 Å². The van der Waals surface area contributed by atoms with Gasteiger partial charge in [0.15, 0.2) is 0 Å². The van der Waals surface area contributed by atoms with Crippen molar-refractivity contribution in [3.8, 4) is 0 Å². The number of benzene rings is 1. The fourth-order valence-electron chi connectivity index (χ4n) is 2.18. The molecule has 2 N–H and O–H groups in total. The number of likely N-dealkylation sites (tertiary alicyclic amines) is 1. The molecule has 1 aromatic rings. The normalized spacial score (nSPS) is 15.6. The van der Waals surface area contributed by atoms with Crippen molar-refractivity contribution in [1.29, 1.82) is 0 Å². The number of hydrogen-bond acceptors (Lipinski definition) is 3. The van der Waals surface area contributed by atoms with Crippen LogP contribution in [0.25, 0.3) is 0 Å². The molecule has 1 fully saturated rings. The molecular formula is C12H15BFNO3. The van der Waals surface area contributed by atoms with Gasteiger partial charge in [0.1, 0.15) is 5.82 Å². The van der Waals surface area contributed by atoms with Crippen LogP contribution in [0.3, 0.4) is 0 Å². The Balaban J connectivity index is 2.27. The van der Waals surface area contributed by atoms with Gasteiger partial charge in [0, 0.05) is 18.6 Å². The summed E-state index contributed by atoms with van der Waals surface area (Å²) in [5.41, 5.74) is -0.361. The van der Waals surface area contributed by atoms with E-state index in [-0.39, 0.29) is 16.9 Å². The lowest BCUT2D eigenvalue weighted by molar-refractivity contribution is 0.0720. The summed E-state index contributed by atoms with van der Waals surface area (Å²) < 4.78 is 14.0. The van der Waals surface area contributed by atoms with E-state index in [0.717, 1.165) is 19.3 Å². The van der Waals surface area contributed by atoms with Gasteiger partial charge in [-0.05, 0) is 25.3 Å². The first-order valence-electron chi connectivity index (χ1n) is 6.05. The van der Waals surface area contributed by atoms with Crippen LogP contribution in [0.4, 0.5) is 4.39 Å². The maximum atomic E-state index is 14.0. The molecule has 2 rings (SSSR count). The zero-order chi connectivity index (χ0) is 13.1. The average Bonchev–Trinajstić information content (AvgIpc) is 2.39. The van der Waals surface area contributed by atoms with Gasteiger partial charge in [-0.15, -0.1) is 0 Å². The highest BCUT2D eigenvalue weighted by atomic mass is 19.1. The molecule has 0 spiro atoms. The molecule has 0 aliphatic carbocycles. The van der Waals surface area contributed by atoms with E-state index in [4.69, 9.17) is 10.0 Å². The zero-order valence-corrected chi connectivity index (χ0v) is 9.97. The Morgan fingerprint density at radius 2 is 1.89 bits per heavy atom. The highest BCUT2D eigenvalue weighted by Gasteiger charge is 2.25. The van der Waals surface area contributed by atoms with Crippen LogP contribution >= 0.6 is 0 Å². The van der Waals surface area contributed by atoms with Crippen molar-refractivity contribution >= 4 is 18.5 Å². The molecule has 18 heavy (non-hydrogen) atoms. The molecule has 1 heterocycles. The van der Waals surface area contributed by atoms with E-state index >= 15 is 0 Å². The van der Waals surface area contributed by atoms with Gasteiger partial charge >= 0.3 is 7.12 Å². The van der Waals surface area contributed by atoms with Crippen LogP contribution < -0.4 is 5.46 Å². The fraction of sp³-hybridized carbons (Fsp3) is 0.417. The molecule has 1 amide bonds. The molecule has 1 aliphatic rings. The Kier molecular flexibility index (Phi) is 3.99. The molecule has 6 heteroatoms. The SMILES string of the molecule is O=C(c1cccc(B(O)O)c1F)N1CCCCC1. The summed E-state index contributed by atoms with van der Waals surface area (Å²) in [6, 6.07) is 4.08. The lowest BCUT2D eigenvalue weighted by Crippen LogP contribution is -2.39. The molecule has 0 atom stereocenters. The molecule has 0 radical (unpaired) electrons. The lowest BCUT2D eigenvalue weighted by atomic mass is 9.79. The number of amides is 1. The third-order valence-electron chi connectivity index (χ3n) is 3.18. The van der Waals surface area contributed by atoms with Crippen molar-refractivity contribution in [2.24, 2.45) is 0 Å². The summed E-state index contributed by atoms with van der Waals surface area (Å²) in [6.45, 7) is 1.26. The van der Waals surface area contributed by atoms with E-state index in [1.54, 1.807) is 4.90 Å². The fourth-order valence-corrected chi connectivity index (χ4v) is 2.18. The summed E-state index contributed by atoms with van der Waals surface area (Å²) in [4.78, 5) is 13.7. The van der Waals surface area contributed by atoms with Crippen LogP contribution in [0.5, 0.6) is 0 Å². The lowest BCUT2D eigenvalue weighted by Gasteiger charge is -2.27. The van der Waals surface area contributed by atoms with E-state index in [1.165, 1.54) is 18.2 Å². The minimum atomic E-state index is -1.90. The Morgan fingerprint density at radius 3 is 2.50 bits per heavy atom. The summed E-state index contributed by atoms with van der Waals surface area (Å²) in [6.07, 6.45) is 2.94. The van der Waals surface area contributed by atoms with Crippen molar-refractivity contribution in [1.82, 2.24) is 4.90 Å². The first-order valence-corrected chi connectivity index (χ1v) is 6.05. The second-order valence-electron chi connectivity index (χ2n) is 4.44. The molecule has 1 aliphatic heterocycles. The second-order valence-corrected chi connectivity index (χ2v) is 4.44. The van der Waals surface area contributed by atoms with Crippen molar-refractivity contribution < 1.29 is 19.2 Å². The van der Waals surface area contributed by atoms with E-state index in [2.05, 4.69) is 0 Å². The van der Waals surface area contributed by atoms with Crippen LogP contribution in [-0.2, 0) is 0 Å². The summed E-state index contributed by atoms with van der Waals surface area (Å²) in [7, 11) is -1.90. The number of halogens is 1. The summed E-state index contributed by atoms with van der Waals surface area (Å²) in [5.74, 6) is -1.22. The number of nitrogens with zero attached hydrogens (tertiary/aromatic N) is 1. The largest absolute Gasteiger partial charge is 0.491 e. The van der Waals surface area contributed by atoms with Crippen LogP contribution in [0, 0.1) is 5.82 Å². The maximum absolute atomic E-state index is 14.0. The Morgan fingerprint density at radius 1 is 1.22 bits per heavy atom. The highest BCUT2D eigenvalue weighted by molar-refractivity contribution is 6.58. The molecule has 0 saturated carbocycles. The van der Waals surface area contributed by atoms with Gasteiger partial charge in [0.2, 0.25) is 0 Å². The van der Waals surface area contributed by atoms with Crippen LogP contribution in [0.1, 0.15) is 29.6 Å². The molecule has 1 saturated heterocycles. The summed E-state index contributed by atoms with van der Waals surface area (Å²) in [5, 5.41) is 18.0. The maximum Gasteiger partial charge on any atom is 0.491 e. The molecule has 0 aromatic heterocycles. The topological polar surface area (TPSA) is 60.8 Å². The Labute approximate surface area is 105 Å². The number of carbonyl (C=O) groups excluding carboxylic acids is 1. The van der Waals surface area contributed by atoms with Crippen molar-refractivity contribution in [2.45, 2.75) is 19.3 Å². The molecule has 4 nitrogen and oxygen atoms in total. The van der Waals surface area contributed by atoms with Gasteiger partial charge in [-0.25, -0.2) is 4.39 Å². The van der Waals surface area contributed by atoms with Crippen molar-refractivity contribution in [2.75, 3.05) is 13.1 Å². The molecule has 0 unspecified atom stereocenters. The van der Waals surface area contributed by atoms with E-state index in [1.807, 2.05) is 0 Å². The van der Waals surface area contributed by atoms with Crippen molar-refractivity contribution in [3.63, 3.8) is 0 Å². The number of carbonyl (C=O) groups is 1. The molecular weight excluding hydrogens is 236 g/mol. The number of piperidine rings is 1. The van der Waals surface area contributed by atoms with Gasteiger partial charge in [-0.2, -0.15) is 0 Å². The van der Waals surface area contributed by atoms with Gasteiger partial charge < -0.3 is 14.9 Å². The smallest absolute Gasteiger partial charge is 0.423 e. The highest BCUT2D eigenvalue weighted by Crippen LogP contribution is 2.14. The minimum Gasteiger partial charge on any atom is -0.423 e. The monoisotopic (exact) mass is 251 g/mol. The van der Waals surface area contributed by atoms with Crippen LogP contribution in [0.15, 0.2) is 18.2 Å². The third-order valence-corrected chi connectivity index (χ3v) is 3.18. The van der Waals surface area contributed by atoms with Gasteiger partial charge in [0.05, 0.1) is 5.56 Å². The Bertz CT molecular complexity index is 447. The molecule has 0 bridgehead atoms. The first-order chi connectivity index (χ1) is 8.61. The second kappa shape index (κ2) is 5.50. The number of rotatable bonds is 2. The predicted molar refractivity (Wildman–Crippen MR) is 66.0 cm³/mol. The minimum absolute atomic E-state index is 0.0949. The van der Waals surface area contributed by atoms with Crippen molar-refractivity contribution in [3.05, 3.63) is 29.6 Å². The van der Waals surface area contributed by atoms with Gasteiger partial charge in [-0.3, -0.25) is 4.79 Å². The quantitative estimate of drug-likeness (QED) is 0.734. The average molecular weight is 251 g/mol. The Hall–Kier alpha value is -1.40. The van der Waals surface area contributed by atoms with Gasteiger partial charge in [0.25, 0.3) is 5.91 Å². The number of hydrogen-bond donors (Lipinski definition) is 2. The zero-order valence-electron chi connectivity index (χ0n) is 9.97. The van der Waals surface area contributed by atoms with E-state index in [9.17, 15) is 9.18 Å². The van der Waals surface area contributed by atoms with E-state index in [0.29, 0.717) is 13.1 Å². The summed E-state index contributed by atoms with van der Waals surface area (Å²) >= 11 is 0. The van der Waals surface area contributed by atoms with Gasteiger partial charge in [-0.1, -0.05) is 12.1 Å². The third kappa shape index (κ3) is 2.54.